The van der Waals surface area contributed by atoms with Gasteiger partial charge in [0.2, 0.25) is 0 Å². The maximum Gasteiger partial charge on any atom is 0.337 e. The Morgan fingerprint density at radius 2 is 2.00 bits per heavy atom. The van der Waals surface area contributed by atoms with Crippen molar-refractivity contribution in [2.45, 2.75) is 6.10 Å². The molecule has 0 heterocycles. The summed E-state index contributed by atoms with van der Waals surface area (Å²) in [5.74, 6) is -0.716. The molecule has 0 aliphatic rings. The highest BCUT2D eigenvalue weighted by Gasteiger charge is 2.22. The first kappa shape index (κ1) is 11.3. The van der Waals surface area contributed by atoms with Crippen LogP contribution in [0.5, 0.6) is 11.5 Å². The van der Waals surface area contributed by atoms with E-state index in [1.807, 2.05) is 0 Å². The Labute approximate surface area is 86.9 Å². The Hall–Kier alpha value is -1.75. The van der Waals surface area contributed by atoms with E-state index in [1.165, 1.54) is 20.3 Å². The smallest absolute Gasteiger partial charge is 0.337 e. The lowest BCUT2D eigenvalue weighted by molar-refractivity contribution is -0.147. The van der Waals surface area contributed by atoms with Gasteiger partial charge in [-0.3, -0.25) is 0 Å². The summed E-state index contributed by atoms with van der Waals surface area (Å²) in [4.78, 5) is 10.6. The lowest BCUT2D eigenvalue weighted by Gasteiger charge is -2.14. The van der Waals surface area contributed by atoms with Gasteiger partial charge in [0.05, 0.1) is 14.2 Å². The number of hydrogen-bond donors (Lipinski definition) is 2. The van der Waals surface area contributed by atoms with Crippen molar-refractivity contribution in [1.29, 1.82) is 0 Å². The zero-order chi connectivity index (χ0) is 11.4. The van der Waals surface area contributed by atoms with E-state index in [4.69, 9.17) is 14.6 Å². The number of methoxy groups -OCH3 is 2. The van der Waals surface area contributed by atoms with Crippen molar-refractivity contribution in [2.24, 2.45) is 0 Å². The number of aliphatic carboxylic acids is 1. The zero-order valence-electron chi connectivity index (χ0n) is 8.43. The maximum atomic E-state index is 10.6. The molecule has 15 heavy (non-hydrogen) atoms. The predicted octanol–water partition coefficient (Wildman–Crippen LogP) is 0.822. The van der Waals surface area contributed by atoms with Crippen LogP contribution >= 0.6 is 0 Å². The number of carbonyl (C=O) groups is 1. The van der Waals surface area contributed by atoms with E-state index in [1.54, 1.807) is 12.1 Å². The van der Waals surface area contributed by atoms with Crippen LogP contribution in [0.1, 0.15) is 11.7 Å². The number of carboxylic acid groups (broad SMARTS) is 1. The average molecular weight is 212 g/mol. The van der Waals surface area contributed by atoms with Crippen molar-refractivity contribution in [3.63, 3.8) is 0 Å². The molecule has 1 aromatic carbocycles. The molecule has 0 saturated heterocycles. The van der Waals surface area contributed by atoms with E-state index < -0.39 is 12.1 Å². The second-order valence-electron chi connectivity index (χ2n) is 2.82. The Balaban J connectivity index is 3.22. The fraction of sp³-hybridized carbons (Fsp3) is 0.300. The van der Waals surface area contributed by atoms with Crippen molar-refractivity contribution in [1.82, 2.24) is 0 Å². The molecule has 0 aliphatic carbocycles. The Morgan fingerprint density at radius 3 is 2.47 bits per heavy atom. The Bertz CT molecular complexity index is 361. The number of hydrogen-bond acceptors (Lipinski definition) is 4. The molecule has 0 fully saturated rings. The van der Waals surface area contributed by atoms with Crippen molar-refractivity contribution in [3.8, 4) is 11.5 Å². The average Bonchev–Trinajstić information content (AvgIpc) is 2.26. The summed E-state index contributed by atoms with van der Waals surface area (Å²) in [6, 6.07) is 4.68. The third-order valence-electron chi connectivity index (χ3n) is 1.96. The largest absolute Gasteiger partial charge is 0.493 e. The highest BCUT2D eigenvalue weighted by Crippen LogP contribution is 2.34. The van der Waals surface area contributed by atoms with Crippen molar-refractivity contribution < 1.29 is 24.5 Å². The minimum atomic E-state index is -1.62. The molecule has 0 amide bonds. The zero-order valence-corrected chi connectivity index (χ0v) is 8.43. The maximum absolute atomic E-state index is 10.6. The van der Waals surface area contributed by atoms with Gasteiger partial charge in [-0.1, -0.05) is 12.1 Å². The van der Waals surface area contributed by atoms with Crippen LogP contribution in [-0.4, -0.2) is 30.4 Å². The summed E-state index contributed by atoms with van der Waals surface area (Å²) in [5, 5.41) is 18.1. The van der Waals surface area contributed by atoms with Crippen LogP contribution in [0, 0.1) is 0 Å². The molecule has 82 valence electrons. The van der Waals surface area contributed by atoms with Gasteiger partial charge in [0.15, 0.2) is 17.6 Å². The van der Waals surface area contributed by atoms with E-state index in [0.29, 0.717) is 5.75 Å². The molecule has 5 nitrogen and oxygen atoms in total. The van der Waals surface area contributed by atoms with Gasteiger partial charge >= 0.3 is 5.97 Å². The topological polar surface area (TPSA) is 76.0 Å². The number of aliphatic hydroxyl groups is 1. The Kier molecular flexibility index (Phi) is 3.51. The van der Waals surface area contributed by atoms with E-state index in [0.717, 1.165) is 0 Å². The standard InChI is InChI=1S/C10H12O5/c1-14-7-5-3-4-6(9(7)15-2)8(11)10(12)13/h3-5,8,11H,1-2H3,(H,12,13)/t8-/m1/s1. The third kappa shape index (κ3) is 2.19. The van der Waals surface area contributed by atoms with Crippen LogP contribution in [0.15, 0.2) is 18.2 Å². The van der Waals surface area contributed by atoms with E-state index in [9.17, 15) is 9.90 Å². The lowest BCUT2D eigenvalue weighted by Crippen LogP contribution is -2.12. The van der Waals surface area contributed by atoms with Gasteiger partial charge in [-0.25, -0.2) is 4.79 Å². The lowest BCUT2D eigenvalue weighted by atomic mass is 10.1. The second-order valence-corrected chi connectivity index (χ2v) is 2.82. The first-order valence-electron chi connectivity index (χ1n) is 4.23. The molecule has 1 aromatic rings. The van der Waals surface area contributed by atoms with Gasteiger partial charge in [0, 0.05) is 5.56 Å². The second kappa shape index (κ2) is 4.65. The summed E-state index contributed by atoms with van der Waals surface area (Å²) >= 11 is 0. The van der Waals surface area contributed by atoms with Crippen LogP contribution in [0.3, 0.4) is 0 Å². The molecule has 0 aromatic heterocycles. The summed E-state index contributed by atoms with van der Waals surface area (Å²) in [7, 11) is 2.82. The molecule has 0 spiro atoms. The van der Waals surface area contributed by atoms with Gasteiger partial charge in [-0.2, -0.15) is 0 Å². The highest BCUT2D eigenvalue weighted by atomic mass is 16.5. The Morgan fingerprint density at radius 1 is 1.33 bits per heavy atom. The fourth-order valence-corrected chi connectivity index (χ4v) is 1.26. The van der Waals surface area contributed by atoms with Crippen molar-refractivity contribution in [3.05, 3.63) is 23.8 Å². The molecule has 0 unspecified atom stereocenters. The summed E-state index contributed by atoms with van der Waals surface area (Å²) in [6.07, 6.45) is -1.62. The van der Waals surface area contributed by atoms with Crippen LogP contribution in [0.2, 0.25) is 0 Å². The molecule has 1 atom stereocenters. The number of ether oxygens (including phenoxy) is 2. The summed E-state index contributed by atoms with van der Waals surface area (Å²) in [5.41, 5.74) is 0.171. The number of benzene rings is 1. The fourth-order valence-electron chi connectivity index (χ4n) is 1.26. The van der Waals surface area contributed by atoms with Crippen molar-refractivity contribution in [2.75, 3.05) is 14.2 Å². The molecular weight excluding hydrogens is 200 g/mol. The monoisotopic (exact) mass is 212 g/mol. The molecular formula is C10H12O5. The molecule has 0 radical (unpaired) electrons. The molecule has 1 rings (SSSR count). The van der Waals surface area contributed by atoms with E-state index in [-0.39, 0.29) is 11.3 Å². The first-order chi connectivity index (χ1) is 7.11. The minimum Gasteiger partial charge on any atom is -0.493 e. The molecule has 0 saturated carbocycles. The van der Waals surface area contributed by atoms with Crippen molar-refractivity contribution >= 4 is 5.97 Å². The van der Waals surface area contributed by atoms with Crippen LogP contribution in [-0.2, 0) is 4.79 Å². The van der Waals surface area contributed by atoms with Gasteiger partial charge in [-0.05, 0) is 6.07 Å². The van der Waals surface area contributed by atoms with Crippen LogP contribution < -0.4 is 9.47 Å². The van der Waals surface area contributed by atoms with Gasteiger partial charge < -0.3 is 19.7 Å². The molecule has 0 bridgehead atoms. The molecule has 2 N–H and O–H groups in total. The predicted molar refractivity (Wildman–Crippen MR) is 52.1 cm³/mol. The third-order valence-corrected chi connectivity index (χ3v) is 1.96. The van der Waals surface area contributed by atoms with Crippen LogP contribution in [0.4, 0.5) is 0 Å². The van der Waals surface area contributed by atoms with Gasteiger partial charge in [0.1, 0.15) is 0 Å². The normalized spacial score (nSPS) is 11.9. The van der Waals surface area contributed by atoms with Crippen LogP contribution in [0.25, 0.3) is 0 Å². The minimum absolute atomic E-state index is 0.171. The molecule has 0 aliphatic heterocycles. The number of rotatable bonds is 4. The van der Waals surface area contributed by atoms with Gasteiger partial charge in [0.25, 0.3) is 0 Å². The van der Waals surface area contributed by atoms with Gasteiger partial charge in [-0.15, -0.1) is 0 Å². The number of carboxylic acids is 1. The SMILES string of the molecule is COc1cccc([C@@H](O)C(=O)O)c1OC. The quantitative estimate of drug-likeness (QED) is 0.772. The summed E-state index contributed by atoms with van der Waals surface area (Å²) < 4.78 is 9.97. The molecule has 5 heteroatoms. The van der Waals surface area contributed by atoms with E-state index >= 15 is 0 Å². The number of aliphatic hydroxyl groups excluding tert-OH is 1. The van der Waals surface area contributed by atoms with E-state index in [2.05, 4.69) is 0 Å². The first-order valence-corrected chi connectivity index (χ1v) is 4.23. The summed E-state index contributed by atoms with van der Waals surface area (Å²) in [6.45, 7) is 0. The number of para-hydroxylation sites is 1. The highest BCUT2D eigenvalue weighted by molar-refractivity contribution is 5.75.